The zero-order chi connectivity index (χ0) is 18.1. The minimum absolute atomic E-state index is 0.361. The quantitative estimate of drug-likeness (QED) is 0.781. The second-order valence-corrected chi connectivity index (χ2v) is 4.95. The summed E-state index contributed by atoms with van der Waals surface area (Å²) in [6, 6.07) is 16.5. The van der Waals surface area contributed by atoms with Gasteiger partial charge in [0.15, 0.2) is 6.61 Å². The third kappa shape index (κ3) is 5.65. The molecule has 25 heavy (non-hydrogen) atoms. The molecule has 0 spiro atoms. The summed E-state index contributed by atoms with van der Waals surface area (Å²) in [4.78, 5) is 35.6. The van der Waals surface area contributed by atoms with Crippen molar-refractivity contribution in [3.63, 3.8) is 0 Å². The number of carbonyl (C=O) groups excluding carboxylic acids is 3. The Morgan fingerprint density at radius 2 is 1.56 bits per heavy atom. The van der Waals surface area contributed by atoms with Crippen molar-refractivity contribution in [3.8, 4) is 5.75 Å². The first-order chi connectivity index (χ1) is 12.1. The standard InChI is InChI=1S/C18H18N2O5/c1-19-18(23)20-17(22)16(13-8-4-2-5-9-13)25-15(21)12-24-14-10-6-3-7-11-14/h2-11,16H,12H2,1H3,(H2,19,20,22,23)/t16-/m0/s1. The van der Waals surface area contributed by atoms with E-state index in [0.29, 0.717) is 11.3 Å². The molecule has 0 fully saturated rings. The third-order valence-corrected chi connectivity index (χ3v) is 3.15. The summed E-state index contributed by atoms with van der Waals surface area (Å²) in [5, 5.41) is 4.37. The van der Waals surface area contributed by atoms with Gasteiger partial charge in [-0.05, 0) is 12.1 Å². The van der Waals surface area contributed by atoms with Gasteiger partial charge in [-0.3, -0.25) is 10.1 Å². The topological polar surface area (TPSA) is 93.7 Å². The Kier molecular flexibility index (Phi) is 6.53. The van der Waals surface area contributed by atoms with Gasteiger partial charge in [0.05, 0.1) is 0 Å². The van der Waals surface area contributed by atoms with Crippen molar-refractivity contribution in [1.82, 2.24) is 10.6 Å². The van der Waals surface area contributed by atoms with Crippen molar-refractivity contribution in [2.75, 3.05) is 13.7 Å². The average Bonchev–Trinajstić information content (AvgIpc) is 2.65. The summed E-state index contributed by atoms with van der Waals surface area (Å²) < 4.78 is 10.5. The molecule has 2 rings (SSSR count). The lowest BCUT2D eigenvalue weighted by molar-refractivity contribution is -0.158. The smallest absolute Gasteiger partial charge is 0.345 e. The van der Waals surface area contributed by atoms with Crippen molar-refractivity contribution in [2.24, 2.45) is 0 Å². The molecule has 0 saturated carbocycles. The summed E-state index contributed by atoms with van der Waals surface area (Å²) in [5.41, 5.74) is 0.442. The number of amides is 3. The summed E-state index contributed by atoms with van der Waals surface area (Å²) in [6.45, 7) is -0.361. The Morgan fingerprint density at radius 1 is 0.960 bits per heavy atom. The van der Waals surface area contributed by atoms with Gasteiger partial charge in [0.1, 0.15) is 5.75 Å². The number of nitrogens with one attached hydrogen (secondary N) is 2. The largest absolute Gasteiger partial charge is 0.482 e. The highest BCUT2D eigenvalue weighted by Crippen LogP contribution is 2.18. The minimum Gasteiger partial charge on any atom is -0.482 e. The molecule has 0 aliphatic carbocycles. The maximum atomic E-state index is 12.2. The van der Waals surface area contributed by atoms with Gasteiger partial charge in [-0.15, -0.1) is 0 Å². The summed E-state index contributed by atoms with van der Waals surface area (Å²) in [5.74, 6) is -0.978. The zero-order valence-electron chi connectivity index (χ0n) is 13.6. The van der Waals surface area contributed by atoms with E-state index in [4.69, 9.17) is 9.47 Å². The number of ether oxygens (including phenoxy) is 2. The van der Waals surface area contributed by atoms with Crippen molar-refractivity contribution in [2.45, 2.75) is 6.10 Å². The predicted molar refractivity (Wildman–Crippen MR) is 89.8 cm³/mol. The number of imide groups is 1. The first-order valence-electron chi connectivity index (χ1n) is 7.55. The van der Waals surface area contributed by atoms with E-state index in [1.807, 2.05) is 6.07 Å². The lowest BCUT2D eigenvalue weighted by Gasteiger charge is -2.17. The van der Waals surface area contributed by atoms with Crippen LogP contribution in [0.5, 0.6) is 5.75 Å². The molecule has 0 aliphatic rings. The molecule has 0 heterocycles. The van der Waals surface area contributed by atoms with Gasteiger partial charge in [-0.1, -0.05) is 48.5 Å². The first-order valence-corrected chi connectivity index (χ1v) is 7.55. The van der Waals surface area contributed by atoms with Gasteiger partial charge in [0.25, 0.3) is 5.91 Å². The number of esters is 1. The monoisotopic (exact) mass is 342 g/mol. The van der Waals surface area contributed by atoms with Crippen LogP contribution in [0.25, 0.3) is 0 Å². The molecule has 0 radical (unpaired) electrons. The maximum absolute atomic E-state index is 12.2. The highest BCUT2D eigenvalue weighted by Gasteiger charge is 2.26. The number of para-hydroxylation sites is 1. The molecule has 3 amide bonds. The average molecular weight is 342 g/mol. The van der Waals surface area contributed by atoms with Gasteiger partial charge in [0, 0.05) is 12.6 Å². The molecule has 130 valence electrons. The van der Waals surface area contributed by atoms with Crippen LogP contribution in [-0.4, -0.2) is 31.6 Å². The molecular weight excluding hydrogens is 324 g/mol. The number of hydrogen-bond donors (Lipinski definition) is 2. The number of rotatable bonds is 6. The van der Waals surface area contributed by atoms with E-state index in [1.54, 1.807) is 54.6 Å². The van der Waals surface area contributed by atoms with Crippen LogP contribution in [-0.2, 0) is 14.3 Å². The minimum atomic E-state index is -1.26. The van der Waals surface area contributed by atoms with Gasteiger partial charge in [-0.25, -0.2) is 9.59 Å². The molecule has 7 heteroatoms. The Balaban J connectivity index is 2.03. The Morgan fingerprint density at radius 3 is 2.16 bits per heavy atom. The molecule has 2 aromatic rings. The van der Waals surface area contributed by atoms with Crippen LogP contribution in [0.15, 0.2) is 60.7 Å². The van der Waals surface area contributed by atoms with E-state index in [1.165, 1.54) is 7.05 Å². The molecule has 2 N–H and O–H groups in total. The van der Waals surface area contributed by atoms with E-state index in [2.05, 4.69) is 10.6 Å². The molecule has 0 unspecified atom stereocenters. The molecule has 0 saturated heterocycles. The predicted octanol–water partition coefficient (Wildman–Crippen LogP) is 1.81. The van der Waals surface area contributed by atoms with Crippen LogP contribution < -0.4 is 15.4 Å². The highest BCUT2D eigenvalue weighted by molar-refractivity contribution is 5.97. The van der Waals surface area contributed by atoms with Crippen LogP contribution in [0.4, 0.5) is 4.79 Å². The SMILES string of the molecule is CNC(=O)NC(=O)[C@@H](OC(=O)COc1ccccc1)c1ccccc1. The lowest BCUT2D eigenvalue weighted by atomic mass is 10.1. The van der Waals surface area contributed by atoms with Crippen LogP contribution in [0.1, 0.15) is 11.7 Å². The maximum Gasteiger partial charge on any atom is 0.345 e. The van der Waals surface area contributed by atoms with Gasteiger partial charge < -0.3 is 14.8 Å². The first kappa shape index (κ1) is 18.0. The summed E-state index contributed by atoms with van der Waals surface area (Å²) >= 11 is 0. The van der Waals surface area contributed by atoms with Gasteiger partial charge in [0.2, 0.25) is 6.10 Å². The molecule has 1 atom stereocenters. The van der Waals surface area contributed by atoms with Crippen molar-refractivity contribution in [1.29, 1.82) is 0 Å². The normalized spacial score (nSPS) is 11.1. The number of urea groups is 1. The Hall–Kier alpha value is -3.35. The Bertz CT molecular complexity index is 719. The van der Waals surface area contributed by atoms with Crippen molar-refractivity contribution in [3.05, 3.63) is 66.2 Å². The third-order valence-electron chi connectivity index (χ3n) is 3.15. The fraction of sp³-hybridized carbons (Fsp3) is 0.167. The van der Waals surface area contributed by atoms with E-state index in [0.717, 1.165) is 0 Å². The van der Waals surface area contributed by atoms with Crippen LogP contribution in [0.3, 0.4) is 0 Å². The molecule has 0 bridgehead atoms. The van der Waals surface area contributed by atoms with Gasteiger partial charge >= 0.3 is 12.0 Å². The fourth-order valence-corrected chi connectivity index (χ4v) is 1.97. The van der Waals surface area contributed by atoms with Crippen LogP contribution in [0.2, 0.25) is 0 Å². The second-order valence-electron chi connectivity index (χ2n) is 4.95. The molecule has 7 nitrogen and oxygen atoms in total. The Labute approximate surface area is 144 Å². The second kappa shape index (κ2) is 9.07. The van der Waals surface area contributed by atoms with E-state index in [9.17, 15) is 14.4 Å². The van der Waals surface area contributed by atoms with Crippen LogP contribution in [0, 0.1) is 0 Å². The molecule has 0 aromatic heterocycles. The van der Waals surface area contributed by atoms with E-state index >= 15 is 0 Å². The zero-order valence-corrected chi connectivity index (χ0v) is 13.6. The van der Waals surface area contributed by atoms with Crippen LogP contribution >= 0.6 is 0 Å². The molecule has 2 aromatic carbocycles. The fourth-order valence-electron chi connectivity index (χ4n) is 1.97. The molecular formula is C18H18N2O5. The van der Waals surface area contributed by atoms with E-state index < -0.39 is 24.0 Å². The highest BCUT2D eigenvalue weighted by atomic mass is 16.6. The number of benzene rings is 2. The summed E-state index contributed by atoms with van der Waals surface area (Å²) in [7, 11) is 1.37. The molecule has 0 aliphatic heterocycles. The number of carbonyl (C=O) groups is 3. The number of hydrogen-bond acceptors (Lipinski definition) is 5. The summed E-state index contributed by atoms with van der Waals surface area (Å²) in [6.07, 6.45) is -1.26. The van der Waals surface area contributed by atoms with Crippen molar-refractivity contribution >= 4 is 17.9 Å². The lowest BCUT2D eigenvalue weighted by Crippen LogP contribution is -2.41. The van der Waals surface area contributed by atoms with E-state index in [-0.39, 0.29) is 6.61 Å². The van der Waals surface area contributed by atoms with Crippen molar-refractivity contribution < 1.29 is 23.9 Å². The van der Waals surface area contributed by atoms with Gasteiger partial charge in [-0.2, -0.15) is 0 Å².